The zero-order valence-corrected chi connectivity index (χ0v) is 12.7. The summed E-state index contributed by atoms with van der Waals surface area (Å²) in [5.74, 6) is 0. The number of aryl methyl sites for hydroxylation is 1. The fraction of sp³-hybridized carbons (Fsp3) is 0.231. The molecule has 21 heavy (non-hydrogen) atoms. The van der Waals surface area contributed by atoms with Crippen LogP contribution < -0.4 is 11.2 Å². The van der Waals surface area contributed by atoms with Crippen molar-refractivity contribution in [3.05, 3.63) is 70.9 Å². The highest BCUT2D eigenvalue weighted by molar-refractivity contribution is 9.10. The third-order valence-corrected chi connectivity index (χ3v) is 3.98. The lowest BCUT2D eigenvalue weighted by atomic mass is 10.2. The van der Waals surface area contributed by atoms with Crippen LogP contribution in [-0.4, -0.2) is 14.5 Å². The third kappa shape index (κ3) is 3.10. The van der Waals surface area contributed by atoms with Gasteiger partial charge in [0.2, 0.25) is 0 Å². The summed E-state index contributed by atoms with van der Waals surface area (Å²) in [5.41, 5.74) is 0.0460. The number of H-pyrrole nitrogens is 1. The maximum absolute atomic E-state index is 11.8. The predicted octanol–water partition coefficient (Wildman–Crippen LogP) is 1.82. The van der Waals surface area contributed by atoms with Gasteiger partial charge in [-0.1, -0.05) is 19.1 Å². The van der Waals surface area contributed by atoms with Crippen LogP contribution in [0.2, 0.25) is 0 Å². The van der Waals surface area contributed by atoms with Crippen LogP contribution in [0.15, 0.2) is 38.5 Å². The van der Waals surface area contributed by atoms with Crippen molar-refractivity contribution in [1.29, 1.82) is 0 Å². The van der Waals surface area contributed by atoms with E-state index in [0.29, 0.717) is 22.0 Å². The minimum absolute atomic E-state index is 0.0688. The van der Waals surface area contributed by atoms with Crippen LogP contribution in [0.4, 0.5) is 5.69 Å². The summed E-state index contributed by atoms with van der Waals surface area (Å²) in [6, 6.07) is 4.61. The number of nitro groups is 1. The molecule has 0 atom stereocenters. The summed E-state index contributed by atoms with van der Waals surface area (Å²) in [6.45, 7) is 1.94. The smallest absolute Gasteiger partial charge is 0.296 e. The molecule has 0 spiro atoms. The second-order valence-electron chi connectivity index (χ2n) is 4.40. The summed E-state index contributed by atoms with van der Waals surface area (Å²) in [7, 11) is 0. The van der Waals surface area contributed by atoms with Crippen molar-refractivity contribution in [1.82, 2.24) is 9.55 Å². The number of hydrogen-bond donors (Lipinski definition) is 1. The van der Waals surface area contributed by atoms with Gasteiger partial charge in [0.15, 0.2) is 0 Å². The lowest BCUT2D eigenvalue weighted by Gasteiger charge is -2.08. The molecule has 0 aliphatic heterocycles. The van der Waals surface area contributed by atoms with Crippen LogP contribution >= 0.6 is 15.9 Å². The van der Waals surface area contributed by atoms with Gasteiger partial charge in [0.05, 0.1) is 11.5 Å². The van der Waals surface area contributed by atoms with Gasteiger partial charge in [-0.15, -0.1) is 0 Å². The number of nitro benzene ring substituents is 1. The van der Waals surface area contributed by atoms with Gasteiger partial charge in [-0.05, 0) is 27.9 Å². The second kappa shape index (κ2) is 6.04. The number of benzene rings is 1. The minimum Gasteiger partial charge on any atom is -0.296 e. The maximum Gasteiger partial charge on any atom is 0.328 e. The summed E-state index contributed by atoms with van der Waals surface area (Å²) >= 11 is 3.18. The Hall–Kier alpha value is -2.22. The highest BCUT2D eigenvalue weighted by atomic mass is 79.9. The topological polar surface area (TPSA) is 98.0 Å². The molecule has 1 aromatic carbocycles. The van der Waals surface area contributed by atoms with Crippen molar-refractivity contribution in [3.8, 4) is 0 Å². The molecule has 0 unspecified atom stereocenters. The first-order chi connectivity index (χ1) is 9.93. The van der Waals surface area contributed by atoms with E-state index in [2.05, 4.69) is 20.9 Å². The molecule has 0 aliphatic carbocycles. The Labute approximate surface area is 127 Å². The van der Waals surface area contributed by atoms with Gasteiger partial charge in [0.25, 0.3) is 11.2 Å². The molecule has 0 aliphatic rings. The summed E-state index contributed by atoms with van der Waals surface area (Å²) in [6.07, 6.45) is 1.97. The van der Waals surface area contributed by atoms with E-state index in [-0.39, 0.29) is 12.2 Å². The minimum atomic E-state index is -0.546. The lowest BCUT2D eigenvalue weighted by molar-refractivity contribution is -0.385. The van der Waals surface area contributed by atoms with Crippen LogP contribution in [0.1, 0.15) is 18.1 Å². The molecule has 0 saturated heterocycles. The molecule has 8 heteroatoms. The van der Waals surface area contributed by atoms with Gasteiger partial charge in [-0.2, -0.15) is 0 Å². The molecule has 0 saturated carbocycles. The largest absolute Gasteiger partial charge is 0.328 e. The maximum atomic E-state index is 11.8. The molecule has 1 N–H and O–H groups in total. The highest BCUT2D eigenvalue weighted by Gasteiger charge is 2.15. The average molecular weight is 354 g/mol. The third-order valence-electron chi connectivity index (χ3n) is 3.06. The quantitative estimate of drug-likeness (QED) is 0.669. The first-order valence-corrected chi connectivity index (χ1v) is 6.97. The predicted molar refractivity (Wildman–Crippen MR) is 80.6 cm³/mol. The van der Waals surface area contributed by atoms with Gasteiger partial charge in [0, 0.05) is 17.8 Å². The molecule has 2 aromatic rings. The number of aromatic amines is 1. The molecule has 0 radical (unpaired) electrons. The fourth-order valence-electron chi connectivity index (χ4n) is 1.94. The van der Waals surface area contributed by atoms with Crippen LogP contribution in [0, 0.1) is 10.1 Å². The molecular formula is C13H12BrN3O4. The zero-order chi connectivity index (χ0) is 15.6. The zero-order valence-electron chi connectivity index (χ0n) is 11.1. The molecule has 1 aromatic heterocycles. The molecule has 0 fully saturated rings. The number of halogens is 1. The molecule has 7 nitrogen and oxygen atoms in total. The number of rotatable bonds is 4. The van der Waals surface area contributed by atoms with Crippen molar-refractivity contribution >= 4 is 21.6 Å². The first-order valence-electron chi connectivity index (χ1n) is 6.18. The van der Waals surface area contributed by atoms with E-state index in [0.717, 1.165) is 0 Å². The first kappa shape index (κ1) is 15.2. The van der Waals surface area contributed by atoms with E-state index in [1.165, 1.54) is 16.8 Å². The average Bonchev–Trinajstić information content (AvgIpc) is 2.43. The van der Waals surface area contributed by atoms with Crippen molar-refractivity contribution in [2.24, 2.45) is 0 Å². The molecule has 110 valence electrons. The number of hydrogen-bond acceptors (Lipinski definition) is 4. The highest BCUT2D eigenvalue weighted by Crippen LogP contribution is 2.28. The van der Waals surface area contributed by atoms with Gasteiger partial charge in [0.1, 0.15) is 4.47 Å². The van der Waals surface area contributed by atoms with Crippen LogP contribution in [0.5, 0.6) is 0 Å². The summed E-state index contributed by atoms with van der Waals surface area (Å²) in [5, 5.41) is 10.9. The van der Waals surface area contributed by atoms with E-state index >= 15 is 0 Å². The Morgan fingerprint density at radius 2 is 2.05 bits per heavy atom. The normalized spacial score (nSPS) is 10.6. The molecular weight excluding hydrogens is 342 g/mol. The number of nitrogens with zero attached hydrogens (tertiary/aromatic N) is 2. The van der Waals surface area contributed by atoms with Crippen molar-refractivity contribution in [2.45, 2.75) is 19.9 Å². The SMILES string of the molecule is CCc1cn(Cc2cccc([N+](=O)[O-])c2Br)c(=O)[nH]c1=O. The summed E-state index contributed by atoms with van der Waals surface area (Å²) in [4.78, 5) is 36.0. The Morgan fingerprint density at radius 1 is 1.33 bits per heavy atom. The lowest BCUT2D eigenvalue weighted by Crippen LogP contribution is -2.31. The summed E-state index contributed by atoms with van der Waals surface area (Å²) < 4.78 is 1.65. The van der Waals surface area contributed by atoms with Gasteiger partial charge < -0.3 is 0 Å². The van der Waals surface area contributed by atoms with Crippen molar-refractivity contribution in [3.63, 3.8) is 0 Å². The van der Waals surface area contributed by atoms with Gasteiger partial charge in [-0.25, -0.2) is 4.79 Å². The van der Waals surface area contributed by atoms with E-state index in [1.807, 2.05) is 6.92 Å². The van der Waals surface area contributed by atoms with E-state index in [1.54, 1.807) is 12.1 Å². The Balaban J connectivity index is 2.48. The number of aromatic nitrogens is 2. The van der Waals surface area contributed by atoms with E-state index in [9.17, 15) is 19.7 Å². The van der Waals surface area contributed by atoms with Gasteiger partial charge >= 0.3 is 5.69 Å². The Morgan fingerprint density at radius 3 is 2.67 bits per heavy atom. The molecule has 2 rings (SSSR count). The van der Waals surface area contributed by atoms with Gasteiger partial charge in [-0.3, -0.25) is 24.5 Å². The molecule has 0 bridgehead atoms. The fourth-order valence-corrected chi connectivity index (χ4v) is 2.47. The van der Waals surface area contributed by atoms with Crippen molar-refractivity contribution < 1.29 is 4.92 Å². The Bertz CT molecular complexity index is 810. The molecule has 1 heterocycles. The monoisotopic (exact) mass is 353 g/mol. The van der Waals surface area contributed by atoms with Crippen LogP contribution in [-0.2, 0) is 13.0 Å². The standard InChI is InChI=1S/C13H12BrN3O4/c1-2-8-6-16(13(19)15-12(8)18)7-9-4-3-5-10(11(9)14)17(20)21/h3-6H,2,7H2,1H3,(H,15,18,19). The molecule has 0 amide bonds. The van der Waals surface area contributed by atoms with E-state index < -0.39 is 16.2 Å². The number of nitrogens with one attached hydrogen (secondary N) is 1. The van der Waals surface area contributed by atoms with Crippen molar-refractivity contribution in [2.75, 3.05) is 0 Å². The Kier molecular flexibility index (Phi) is 4.37. The van der Waals surface area contributed by atoms with E-state index in [4.69, 9.17) is 0 Å². The van der Waals surface area contributed by atoms with Crippen LogP contribution in [0.3, 0.4) is 0 Å². The van der Waals surface area contributed by atoms with Crippen LogP contribution in [0.25, 0.3) is 0 Å². The second-order valence-corrected chi connectivity index (χ2v) is 5.20.